The van der Waals surface area contributed by atoms with E-state index < -0.39 is 10.8 Å². The first-order chi connectivity index (χ1) is 10.4. The fourth-order valence-corrected chi connectivity index (χ4v) is 2.24. The lowest BCUT2D eigenvalue weighted by molar-refractivity contribution is -0.418. The fraction of sp³-hybridized carbons (Fsp3) is 0.429. The topological polar surface area (TPSA) is 96.3 Å². The number of rotatable bonds is 6. The molecule has 1 amide bonds. The van der Waals surface area contributed by atoms with E-state index in [4.69, 9.17) is 12.2 Å². The van der Waals surface area contributed by atoms with E-state index in [1.54, 1.807) is 7.05 Å². The molecule has 1 fully saturated rings. The molecule has 120 valence electrons. The van der Waals surface area contributed by atoms with E-state index in [-0.39, 0.29) is 22.6 Å². The lowest BCUT2D eigenvalue weighted by Gasteiger charge is -2.33. The van der Waals surface area contributed by atoms with Crippen LogP contribution in [0.2, 0.25) is 0 Å². The van der Waals surface area contributed by atoms with Crippen LogP contribution in [0.4, 0.5) is 0 Å². The molecule has 0 spiro atoms. The van der Waals surface area contributed by atoms with Gasteiger partial charge in [-0.1, -0.05) is 19.1 Å². The molecule has 22 heavy (non-hydrogen) atoms. The van der Waals surface area contributed by atoms with E-state index >= 15 is 0 Å². The van der Waals surface area contributed by atoms with Crippen molar-refractivity contribution in [1.82, 2.24) is 16.2 Å². The highest BCUT2D eigenvalue weighted by Gasteiger charge is 2.35. The van der Waals surface area contributed by atoms with Crippen molar-refractivity contribution in [3.05, 3.63) is 46.7 Å². The van der Waals surface area contributed by atoms with Crippen molar-refractivity contribution in [3.63, 3.8) is 0 Å². The smallest absolute Gasteiger partial charge is 0.262 e. The number of nitro groups is 1. The van der Waals surface area contributed by atoms with Gasteiger partial charge in [-0.3, -0.25) is 25.8 Å². The van der Waals surface area contributed by atoms with Crippen LogP contribution in [0.3, 0.4) is 0 Å². The summed E-state index contributed by atoms with van der Waals surface area (Å²) < 4.78 is 0. The minimum atomic E-state index is -0.590. The van der Waals surface area contributed by atoms with Gasteiger partial charge in [-0.05, 0) is 43.1 Å². The predicted octanol–water partition coefficient (Wildman–Crippen LogP) is 1.43. The average Bonchev–Trinajstić information content (AvgIpc) is 2.45. The van der Waals surface area contributed by atoms with Crippen LogP contribution in [0.1, 0.15) is 19.3 Å². The van der Waals surface area contributed by atoms with Crippen molar-refractivity contribution in [2.24, 2.45) is 11.8 Å². The summed E-state index contributed by atoms with van der Waals surface area (Å²) in [5.74, 6) is -0.687. The number of thiocarbonyl (C=S) groups is 1. The Bertz CT molecular complexity index is 526. The van der Waals surface area contributed by atoms with Crippen LogP contribution in [-0.4, -0.2) is 23.0 Å². The van der Waals surface area contributed by atoms with Crippen LogP contribution in [-0.2, 0) is 4.79 Å². The Morgan fingerprint density at radius 1 is 1.45 bits per heavy atom. The Hall–Kier alpha value is -2.22. The molecule has 7 nitrogen and oxygen atoms in total. The highest BCUT2D eigenvalue weighted by atomic mass is 32.1. The molecule has 0 heterocycles. The minimum Gasteiger partial charge on any atom is -0.364 e. The van der Waals surface area contributed by atoms with E-state index in [0.29, 0.717) is 5.57 Å². The number of amides is 1. The average molecular weight is 324 g/mol. The van der Waals surface area contributed by atoms with Gasteiger partial charge in [-0.2, -0.15) is 0 Å². The molecule has 1 saturated carbocycles. The van der Waals surface area contributed by atoms with Gasteiger partial charge in [-0.15, -0.1) is 0 Å². The van der Waals surface area contributed by atoms with E-state index in [0.717, 1.165) is 19.3 Å². The predicted molar refractivity (Wildman–Crippen MR) is 88.2 cm³/mol. The SMILES string of the molecule is C=C/C(=C\C(=C)[N+](=O)[O-])C(C(=O)NNC(=S)NC)C1CCC1. The molecule has 0 aromatic rings. The normalized spacial score (nSPS) is 16.0. The Morgan fingerprint density at radius 2 is 2.09 bits per heavy atom. The number of hydrazine groups is 1. The molecule has 0 aliphatic heterocycles. The second-order valence-corrected chi connectivity index (χ2v) is 5.37. The standard InChI is InChI=1S/C14H20N4O3S/c1-4-10(8-9(2)18(20)21)12(11-6-5-7-11)13(19)16-17-14(22)15-3/h4,8,11-12H,1-2,5-7H2,3H3,(H,16,19)(H2,15,17,22)/b10-8+. The van der Waals surface area contributed by atoms with Crippen molar-refractivity contribution in [3.8, 4) is 0 Å². The lowest BCUT2D eigenvalue weighted by Crippen LogP contribution is -2.49. The molecule has 1 rings (SSSR count). The molecule has 8 heteroatoms. The molecule has 0 saturated heterocycles. The Kier molecular flexibility index (Phi) is 6.71. The van der Waals surface area contributed by atoms with Crippen molar-refractivity contribution in [1.29, 1.82) is 0 Å². The molecule has 3 N–H and O–H groups in total. The molecule has 1 aliphatic rings. The summed E-state index contributed by atoms with van der Waals surface area (Å²) in [5, 5.41) is 13.7. The summed E-state index contributed by atoms with van der Waals surface area (Å²) >= 11 is 4.89. The summed E-state index contributed by atoms with van der Waals surface area (Å²) in [6.07, 6.45) is 5.59. The number of hydrogen-bond donors (Lipinski definition) is 3. The van der Waals surface area contributed by atoms with Crippen LogP contribution >= 0.6 is 12.2 Å². The molecule has 0 radical (unpaired) electrons. The van der Waals surface area contributed by atoms with Gasteiger partial charge in [0.1, 0.15) is 0 Å². The number of allylic oxidation sites excluding steroid dienone is 2. The highest BCUT2D eigenvalue weighted by molar-refractivity contribution is 7.80. The lowest BCUT2D eigenvalue weighted by atomic mass is 9.72. The molecule has 0 aromatic heterocycles. The molecule has 1 unspecified atom stereocenters. The largest absolute Gasteiger partial charge is 0.364 e. The molecular formula is C14H20N4O3S. The maximum absolute atomic E-state index is 12.4. The van der Waals surface area contributed by atoms with Gasteiger partial charge in [0.25, 0.3) is 5.70 Å². The second kappa shape index (κ2) is 8.28. The van der Waals surface area contributed by atoms with Crippen molar-refractivity contribution < 1.29 is 9.72 Å². The Balaban J connectivity index is 2.92. The first-order valence-electron chi connectivity index (χ1n) is 6.85. The summed E-state index contributed by atoms with van der Waals surface area (Å²) in [4.78, 5) is 22.6. The Morgan fingerprint density at radius 3 is 2.50 bits per heavy atom. The van der Waals surface area contributed by atoms with E-state index in [1.165, 1.54) is 12.2 Å². The number of carbonyl (C=O) groups excluding carboxylic acids is 1. The van der Waals surface area contributed by atoms with Crippen molar-refractivity contribution in [2.45, 2.75) is 19.3 Å². The Labute approximate surface area is 134 Å². The van der Waals surface area contributed by atoms with Gasteiger partial charge >= 0.3 is 0 Å². The van der Waals surface area contributed by atoms with Crippen molar-refractivity contribution >= 4 is 23.2 Å². The highest BCUT2D eigenvalue weighted by Crippen LogP contribution is 2.38. The monoisotopic (exact) mass is 324 g/mol. The maximum atomic E-state index is 12.4. The fourth-order valence-electron chi connectivity index (χ4n) is 2.19. The zero-order valence-electron chi connectivity index (χ0n) is 12.4. The molecule has 0 aromatic carbocycles. The van der Waals surface area contributed by atoms with E-state index in [2.05, 4.69) is 29.3 Å². The van der Waals surface area contributed by atoms with Gasteiger partial charge in [0.05, 0.1) is 10.8 Å². The van der Waals surface area contributed by atoms with Crippen LogP contribution in [0.5, 0.6) is 0 Å². The zero-order chi connectivity index (χ0) is 16.7. The second-order valence-electron chi connectivity index (χ2n) is 4.96. The quantitative estimate of drug-likeness (QED) is 0.296. The summed E-state index contributed by atoms with van der Waals surface area (Å²) in [6, 6.07) is 0. The number of hydrogen-bond acceptors (Lipinski definition) is 4. The van der Waals surface area contributed by atoms with Gasteiger partial charge in [-0.25, -0.2) is 0 Å². The molecular weight excluding hydrogens is 304 g/mol. The van der Waals surface area contributed by atoms with Crippen LogP contribution in [0, 0.1) is 22.0 Å². The third-order valence-electron chi connectivity index (χ3n) is 3.59. The van der Waals surface area contributed by atoms with Crippen LogP contribution < -0.4 is 16.2 Å². The first kappa shape index (κ1) is 17.8. The van der Waals surface area contributed by atoms with Gasteiger partial charge < -0.3 is 5.32 Å². The zero-order valence-corrected chi connectivity index (χ0v) is 13.2. The van der Waals surface area contributed by atoms with E-state index in [1.807, 2.05) is 0 Å². The molecule has 0 bridgehead atoms. The maximum Gasteiger partial charge on any atom is 0.262 e. The number of nitrogens with zero attached hydrogens (tertiary/aromatic N) is 1. The summed E-state index contributed by atoms with van der Waals surface area (Å²) in [5.41, 5.74) is 5.31. The minimum absolute atomic E-state index is 0.133. The summed E-state index contributed by atoms with van der Waals surface area (Å²) in [6.45, 7) is 7.03. The van der Waals surface area contributed by atoms with Crippen LogP contribution in [0.25, 0.3) is 0 Å². The van der Waals surface area contributed by atoms with Gasteiger partial charge in [0.2, 0.25) is 5.91 Å². The first-order valence-corrected chi connectivity index (χ1v) is 7.26. The molecule has 1 aliphatic carbocycles. The van der Waals surface area contributed by atoms with Gasteiger partial charge in [0, 0.05) is 13.1 Å². The number of carbonyl (C=O) groups is 1. The summed E-state index contributed by atoms with van der Waals surface area (Å²) in [7, 11) is 1.63. The third kappa shape index (κ3) is 4.66. The molecule has 1 atom stereocenters. The van der Waals surface area contributed by atoms with Gasteiger partial charge in [0.15, 0.2) is 5.11 Å². The van der Waals surface area contributed by atoms with E-state index in [9.17, 15) is 14.9 Å². The van der Waals surface area contributed by atoms with Crippen molar-refractivity contribution in [2.75, 3.05) is 7.05 Å². The van der Waals surface area contributed by atoms with Crippen LogP contribution in [0.15, 0.2) is 36.6 Å². The third-order valence-corrected chi connectivity index (χ3v) is 3.90. The number of nitrogens with one attached hydrogen (secondary N) is 3.